The summed E-state index contributed by atoms with van der Waals surface area (Å²) in [7, 11) is -2.77. The molecular formula is C11H24N2O2S. The third kappa shape index (κ3) is 5.82. The number of nitrogens with zero attached hydrogens (tertiary/aromatic N) is 1. The molecule has 0 saturated carbocycles. The van der Waals surface area contributed by atoms with Crippen LogP contribution in [0.2, 0.25) is 0 Å². The Labute approximate surface area is 99.3 Å². The minimum Gasteiger partial charge on any atom is -0.315 e. The molecule has 1 heterocycles. The van der Waals surface area contributed by atoms with Crippen molar-refractivity contribution in [3.63, 3.8) is 0 Å². The topological polar surface area (TPSA) is 49.4 Å². The van der Waals surface area contributed by atoms with Crippen LogP contribution in [0.3, 0.4) is 0 Å². The van der Waals surface area contributed by atoms with Crippen molar-refractivity contribution in [3.8, 4) is 0 Å². The highest BCUT2D eigenvalue weighted by Crippen LogP contribution is 2.05. The Morgan fingerprint density at radius 2 is 1.88 bits per heavy atom. The first kappa shape index (κ1) is 13.9. The highest BCUT2D eigenvalue weighted by molar-refractivity contribution is 7.91. The molecule has 0 spiro atoms. The Kier molecular flexibility index (Phi) is 6.31. The number of nitrogens with one attached hydrogen (secondary N) is 1. The van der Waals surface area contributed by atoms with E-state index in [1.54, 1.807) is 6.92 Å². The minimum atomic E-state index is -2.77. The molecule has 16 heavy (non-hydrogen) atoms. The largest absolute Gasteiger partial charge is 0.315 e. The second-order valence-electron chi connectivity index (χ2n) is 4.39. The van der Waals surface area contributed by atoms with Gasteiger partial charge >= 0.3 is 0 Å². The van der Waals surface area contributed by atoms with E-state index in [1.165, 1.54) is 25.9 Å². The fourth-order valence-corrected chi connectivity index (χ4v) is 2.80. The van der Waals surface area contributed by atoms with E-state index >= 15 is 0 Å². The summed E-state index contributed by atoms with van der Waals surface area (Å²) in [4.78, 5) is 2.45. The molecule has 1 fully saturated rings. The van der Waals surface area contributed by atoms with Crippen LogP contribution in [0.1, 0.15) is 26.2 Å². The Morgan fingerprint density at radius 1 is 1.19 bits per heavy atom. The van der Waals surface area contributed by atoms with Crippen LogP contribution >= 0.6 is 0 Å². The molecule has 0 aromatic carbocycles. The summed E-state index contributed by atoms with van der Waals surface area (Å²) in [6.07, 6.45) is 3.39. The highest BCUT2D eigenvalue weighted by Gasteiger charge is 2.10. The van der Waals surface area contributed by atoms with Gasteiger partial charge in [-0.1, -0.05) is 6.92 Å². The SMILES string of the molecule is CCS(=O)(=O)CCCNCCN1CCCC1. The molecule has 0 atom stereocenters. The molecule has 1 saturated heterocycles. The third-order valence-electron chi connectivity index (χ3n) is 3.05. The summed E-state index contributed by atoms with van der Waals surface area (Å²) >= 11 is 0. The Hall–Kier alpha value is -0.130. The maximum absolute atomic E-state index is 11.2. The summed E-state index contributed by atoms with van der Waals surface area (Å²) in [5.74, 6) is 0.584. The van der Waals surface area contributed by atoms with E-state index in [9.17, 15) is 8.42 Å². The molecular weight excluding hydrogens is 224 g/mol. The predicted molar refractivity (Wildman–Crippen MR) is 67.5 cm³/mol. The maximum Gasteiger partial charge on any atom is 0.150 e. The average molecular weight is 248 g/mol. The zero-order valence-electron chi connectivity index (χ0n) is 10.2. The minimum absolute atomic E-state index is 0.265. The van der Waals surface area contributed by atoms with Crippen molar-refractivity contribution in [1.29, 1.82) is 0 Å². The van der Waals surface area contributed by atoms with Crippen molar-refractivity contribution in [1.82, 2.24) is 10.2 Å². The van der Waals surface area contributed by atoms with E-state index < -0.39 is 9.84 Å². The molecule has 96 valence electrons. The standard InChI is InChI=1S/C11H24N2O2S/c1-2-16(14,15)11-5-6-12-7-10-13-8-3-4-9-13/h12H,2-11H2,1H3. The van der Waals surface area contributed by atoms with Gasteiger partial charge in [-0.3, -0.25) is 0 Å². The highest BCUT2D eigenvalue weighted by atomic mass is 32.2. The molecule has 0 aromatic rings. The Bertz CT molecular complexity index is 272. The molecule has 0 unspecified atom stereocenters. The first-order valence-corrected chi connectivity index (χ1v) is 8.09. The number of hydrogen-bond donors (Lipinski definition) is 1. The van der Waals surface area contributed by atoms with E-state index in [4.69, 9.17) is 0 Å². The molecule has 1 N–H and O–H groups in total. The van der Waals surface area contributed by atoms with Gasteiger partial charge < -0.3 is 10.2 Å². The molecule has 4 nitrogen and oxygen atoms in total. The van der Waals surface area contributed by atoms with Gasteiger partial charge in [0.15, 0.2) is 0 Å². The molecule has 0 amide bonds. The fourth-order valence-electron chi connectivity index (χ4n) is 1.93. The lowest BCUT2D eigenvalue weighted by molar-refractivity contribution is 0.336. The summed E-state index contributed by atoms with van der Waals surface area (Å²) < 4.78 is 22.4. The monoisotopic (exact) mass is 248 g/mol. The second-order valence-corrected chi connectivity index (χ2v) is 6.86. The average Bonchev–Trinajstić information content (AvgIpc) is 2.76. The van der Waals surface area contributed by atoms with E-state index in [0.29, 0.717) is 5.75 Å². The fraction of sp³-hybridized carbons (Fsp3) is 1.00. The predicted octanol–water partition coefficient (Wildman–Crippen LogP) is 0.497. The lowest BCUT2D eigenvalue weighted by Gasteiger charge is -2.14. The smallest absolute Gasteiger partial charge is 0.150 e. The van der Waals surface area contributed by atoms with Gasteiger partial charge in [0.1, 0.15) is 9.84 Å². The summed E-state index contributed by atoms with van der Waals surface area (Å²) in [6.45, 7) is 7.05. The van der Waals surface area contributed by atoms with Gasteiger partial charge in [0, 0.05) is 18.8 Å². The molecule has 1 aliphatic rings. The van der Waals surface area contributed by atoms with Crippen molar-refractivity contribution < 1.29 is 8.42 Å². The lowest BCUT2D eigenvalue weighted by Crippen LogP contribution is -2.31. The van der Waals surface area contributed by atoms with Crippen LogP contribution < -0.4 is 5.32 Å². The molecule has 0 radical (unpaired) electrons. The van der Waals surface area contributed by atoms with Crippen molar-refractivity contribution in [2.24, 2.45) is 0 Å². The number of hydrogen-bond acceptors (Lipinski definition) is 4. The maximum atomic E-state index is 11.2. The molecule has 0 aromatic heterocycles. The Morgan fingerprint density at radius 3 is 2.50 bits per heavy atom. The van der Waals surface area contributed by atoms with Gasteiger partial charge in [0.25, 0.3) is 0 Å². The van der Waals surface area contributed by atoms with Crippen LogP contribution in [0, 0.1) is 0 Å². The number of sulfone groups is 1. The summed E-state index contributed by atoms with van der Waals surface area (Å²) in [5.41, 5.74) is 0. The first-order valence-electron chi connectivity index (χ1n) is 6.27. The third-order valence-corrected chi connectivity index (χ3v) is 4.84. The zero-order valence-corrected chi connectivity index (χ0v) is 11.1. The second kappa shape index (κ2) is 7.25. The van der Waals surface area contributed by atoms with Gasteiger partial charge in [0.2, 0.25) is 0 Å². The van der Waals surface area contributed by atoms with Crippen LogP contribution in [0.5, 0.6) is 0 Å². The van der Waals surface area contributed by atoms with Gasteiger partial charge in [-0.15, -0.1) is 0 Å². The first-order chi connectivity index (χ1) is 7.64. The van der Waals surface area contributed by atoms with Crippen molar-refractivity contribution in [2.45, 2.75) is 26.2 Å². The molecule has 5 heteroatoms. The van der Waals surface area contributed by atoms with Crippen LogP contribution in [-0.2, 0) is 9.84 Å². The number of likely N-dealkylation sites (tertiary alicyclic amines) is 1. The number of rotatable bonds is 8. The van der Waals surface area contributed by atoms with Crippen LogP contribution in [0.25, 0.3) is 0 Å². The van der Waals surface area contributed by atoms with Gasteiger partial charge in [-0.25, -0.2) is 8.42 Å². The van der Waals surface area contributed by atoms with Crippen LogP contribution in [0.15, 0.2) is 0 Å². The van der Waals surface area contributed by atoms with Crippen LogP contribution in [-0.4, -0.2) is 57.5 Å². The molecule has 1 aliphatic heterocycles. The van der Waals surface area contributed by atoms with E-state index in [2.05, 4.69) is 10.2 Å². The van der Waals surface area contributed by atoms with E-state index in [-0.39, 0.29) is 5.75 Å². The van der Waals surface area contributed by atoms with Gasteiger partial charge in [-0.05, 0) is 38.9 Å². The normalized spacial score (nSPS) is 18.1. The zero-order chi connectivity index (χ0) is 11.9. The molecule has 1 rings (SSSR count). The van der Waals surface area contributed by atoms with Crippen molar-refractivity contribution in [3.05, 3.63) is 0 Å². The van der Waals surface area contributed by atoms with Crippen LogP contribution in [0.4, 0.5) is 0 Å². The van der Waals surface area contributed by atoms with E-state index in [0.717, 1.165) is 26.1 Å². The van der Waals surface area contributed by atoms with Crippen molar-refractivity contribution in [2.75, 3.05) is 44.2 Å². The van der Waals surface area contributed by atoms with E-state index in [1.807, 2.05) is 0 Å². The molecule has 0 bridgehead atoms. The quantitative estimate of drug-likeness (QED) is 0.635. The van der Waals surface area contributed by atoms with Crippen molar-refractivity contribution >= 4 is 9.84 Å². The van der Waals surface area contributed by atoms with Gasteiger partial charge in [-0.2, -0.15) is 0 Å². The van der Waals surface area contributed by atoms with Gasteiger partial charge in [0.05, 0.1) is 5.75 Å². The summed E-state index contributed by atoms with van der Waals surface area (Å²) in [5, 5.41) is 3.30. The lowest BCUT2D eigenvalue weighted by atomic mass is 10.4. The molecule has 0 aliphatic carbocycles. The summed E-state index contributed by atoms with van der Waals surface area (Å²) in [6, 6.07) is 0. The Balaban J connectivity index is 1.92.